The summed E-state index contributed by atoms with van der Waals surface area (Å²) in [6.07, 6.45) is -8.01. The summed E-state index contributed by atoms with van der Waals surface area (Å²) in [6, 6.07) is 12.5. The number of hydrogen-bond donors (Lipinski definition) is 6. The number of carbonyl (C=O) groups excluding carboxylic acids is 2. The molecule has 228 valence electrons. The molecule has 1 aliphatic heterocycles. The molecule has 1 saturated heterocycles. The predicted molar refractivity (Wildman–Crippen MR) is 146 cm³/mol. The van der Waals surface area contributed by atoms with Gasteiger partial charge >= 0.3 is 18.2 Å². The van der Waals surface area contributed by atoms with E-state index >= 15 is 0 Å². The van der Waals surface area contributed by atoms with E-state index in [2.05, 4.69) is 10.6 Å². The molecule has 2 aromatic carbocycles. The highest BCUT2D eigenvalue weighted by Crippen LogP contribution is 2.44. The maximum atomic E-state index is 12.7. The summed E-state index contributed by atoms with van der Waals surface area (Å²) in [6.45, 7) is 3.46. The third-order valence-electron chi connectivity index (χ3n) is 6.93. The third kappa shape index (κ3) is 7.17. The van der Waals surface area contributed by atoms with Gasteiger partial charge in [0, 0.05) is 5.92 Å². The van der Waals surface area contributed by atoms with Crippen molar-refractivity contribution in [3.63, 3.8) is 0 Å². The first-order chi connectivity index (χ1) is 19.9. The van der Waals surface area contributed by atoms with Crippen molar-refractivity contribution in [2.75, 3.05) is 19.8 Å². The first-order valence-electron chi connectivity index (χ1n) is 13.5. The molecule has 0 radical (unpaired) electrons. The van der Waals surface area contributed by atoms with Crippen molar-refractivity contribution >= 4 is 18.2 Å². The van der Waals surface area contributed by atoms with E-state index in [1.165, 1.54) is 0 Å². The molecule has 0 spiro atoms. The van der Waals surface area contributed by atoms with E-state index in [1.807, 2.05) is 48.5 Å². The lowest BCUT2D eigenvalue weighted by Crippen LogP contribution is -2.65. The largest absolute Gasteiger partial charge is 0.480 e. The van der Waals surface area contributed by atoms with Crippen molar-refractivity contribution in [3.8, 4) is 11.1 Å². The number of rotatable bonds is 9. The van der Waals surface area contributed by atoms with Crippen molar-refractivity contribution in [2.24, 2.45) is 0 Å². The third-order valence-corrected chi connectivity index (χ3v) is 6.93. The Bertz CT molecular complexity index is 1230. The number of nitrogens with one attached hydrogen (secondary N) is 2. The number of carboxylic acids is 1. The Morgan fingerprint density at radius 1 is 0.952 bits per heavy atom. The van der Waals surface area contributed by atoms with Gasteiger partial charge < -0.3 is 50.0 Å². The molecule has 0 unspecified atom stereocenters. The van der Waals surface area contributed by atoms with E-state index in [1.54, 1.807) is 20.8 Å². The van der Waals surface area contributed by atoms with Crippen molar-refractivity contribution < 1.29 is 53.8 Å². The van der Waals surface area contributed by atoms with E-state index in [9.17, 15) is 34.8 Å². The number of benzene rings is 2. The quantitative estimate of drug-likeness (QED) is 0.247. The number of aliphatic hydroxyl groups excluding tert-OH is 3. The van der Waals surface area contributed by atoms with E-state index in [4.69, 9.17) is 18.9 Å². The molecule has 1 aliphatic carbocycles. The fraction of sp³-hybridized carbons (Fsp3) is 0.483. The zero-order valence-electron chi connectivity index (χ0n) is 23.4. The van der Waals surface area contributed by atoms with Crippen LogP contribution in [0.25, 0.3) is 11.1 Å². The van der Waals surface area contributed by atoms with Crippen molar-refractivity contribution in [1.29, 1.82) is 0 Å². The first-order valence-corrected chi connectivity index (χ1v) is 13.5. The molecule has 6 atom stereocenters. The molecule has 1 heterocycles. The van der Waals surface area contributed by atoms with E-state index in [0.717, 1.165) is 22.3 Å². The summed E-state index contributed by atoms with van der Waals surface area (Å²) >= 11 is 0. The smallest absolute Gasteiger partial charge is 0.408 e. The standard InChI is InChI=1S/C29H36N2O11/c1-29(2,3)42-28(38)31-22-24(34)23(33)21(12-32)41-26(22)39-14-20(25(35)36)30-27(37)40-13-19-17-10-6-4-8-15(17)16-9-5-7-11-18(16)19/h4-11,19-24,26,32-34H,12-14H2,1-3H3,(H,30,37)(H,31,38)(H,35,36)/t20-,21+,22+,23-,24+,26-/m0/s1. The molecule has 0 bridgehead atoms. The highest BCUT2D eigenvalue weighted by Gasteiger charge is 2.46. The lowest BCUT2D eigenvalue weighted by atomic mass is 9.97. The average Bonchev–Trinajstić information content (AvgIpc) is 3.25. The summed E-state index contributed by atoms with van der Waals surface area (Å²) in [5.74, 6) is -1.68. The number of amides is 2. The number of ether oxygens (including phenoxy) is 4. The number of alkyl carbamates (subject to hydrolysis) is 2. The summed E-state index contributed by atoms with van der Waals surface area (Å²) in [5, 5.41) is 44.7. The highest BCUT2D eigenvalue weighted by molar-refractivity contribution is 5.81. The molecular formula is C29H36N2O11. The summed E-state index contributed by atoms with van der Waals surface area (Å²) in [5.41, 5.74) is 3.17. The molecule has 13 nitrogen and oxygen atoms in total. The van der Waals surface area contributed by atoms with E-state index in [0.29, 0.717) is 0 Å². The van der Waals surface area contributed by atoms with Gasteiger partial charge in [-0.1, -0.05) is 48.5 Å². The maximum Gasteiger partial charge on any atom is 0.408 e. The number of carbonyl (C=O) groups is 3. The van der Waals surface area contributed by atoms with Crippen LogP contribution in [-0.4, -0.2) is 101 Å². The van der Waals surface area contributed by atoms with Crippen LogP contribution >= 0.6 is 0 Å². The Kier molecular flexibility index (Phi) is 9.69. The predicted octanol–water partition coefficient (Wildman–Crippen LogP) is 1.33. The number of aliphatic hydroxyl groups is 3. The zero-order chi connectivity index (χ0) is 30.6. The Morgan fingerprint density at radius 2 is 1.55 bits per heavy atom. The van der Waals surface area contributed by atoms with Gasteiger partial charge in [0.1, 0.15) is 36.6 Å². The molecule has 13 heteroatoms. The number of aliphatic carboxylic acids is 1. The minimum absolute atomic E-state index is 0.0388. The van der Waals surface area contributed by atoms with Crippen LogP contribution in [0.5, 0.6) is 0 Å². The van der Waals surface area contributed by atoms with Crippen LogP contribution in [-0.2, 0) is 23.7 Å². The van der Waals surface area contributed by atoms with Crippen LogP contribution in [0.1, 0.15) is 37.8 Å². The average molecular weight is 589 g/mol. The van der Waals surface area contributed by atoms with Gasteiger partial charge in [0.2, 0.25) is 0 Å². The normalized spacial score (nSPS) is 24.2. The lowest BCUT2D eigenvalue weighted by Gasteiger charge is -2.42. The topological polar surface area (TPSA) is 193 Å². The SMILES string of the molecule is CC(C)(C)OC(=O)N[C@H]1[C@@H](OC[C@H](NC(=O)OCC2c3ccccc3-c3ccccc32)C(=O)O)O[C@H](CO)[C@H](O)[C@@H]1O. The number of carboxylic acid groups (broad SMARTS) is 1. The van der Waals surface area contributed by atoms with Crippen LogP contribution in [0.3, 0.4) is 0 Å². The Morgan fingerprint density at radius 3 is 2.10 bits per heavy atom. The van der Waals surface area contributed by atoms with Gasteiger partial charge in [0.05, 0.1) is 13.2 Å². The van der Waals surface area contributed by atoms with Crippen LogP contribution in [0.4, 0.5) is 9.59 Å². The monoisotopic (exact) mass is 588 g/mol. The van der Waals surface area contributed by atoms with Gasteiger partial charge in [-0.3, -0.25) is 0 Å². The molecule has 6 N–H and O–H groups in total. The highest BCUT2D eigenvalue weighted by atomic mass is 16.7. The van der Waals surface area contributed by atoms with Gasteiger partial charge in [-0.05, 0) is 43.0 Å². The van der Waals surface area contributed by atoms with Gasteiger partial charge in [-0.25, -0.2) is 14.4 Å². The van der Waals surface area contributed by atoms with Crippen molar-refractivity contribution in [2.45, 2.75) is 69.0 Å². The van der Waals surface area contributed by atoms with Crippen LogP contribution in [0.2, 0.25) is 0 Å². The second-order valence-corrected chi connectivity index (χ2v) is 11.1. The van der Waals surface area contributed by atoms with Gasteiger partial charge in [0.15, 0.2) is 12.3 Å². The molecule has 2 aliphatic rings. The first kappa shape index (κ1) is 31.2. The van der Waals surface area contributed by atoms with Crippen LogP contribution in [0.15, 0.2) is 48.5 Å². The second kappa shape index (κ2) is 13.0. The fourth-order valence-corrected chi connectivity index (χ4v) is 4.97. The van der Waals surface area contributed by atoms with Crippen LogP contribution in [0, 0.1) is 0 Å². The fourth-order valence-electron chi connectivity index (χ4n) is 4.97. The van der Waals surface area contributed by atoms with Gasteiger partial charge in [0.25, 0.3) is 0 Å². The van der Waals surface area contributed by atoms with Crippen molar-refractivity contribution in [3.05, 3.63) is 59.7 Å². The lowest BCUT2D eigenvalue weighted by molar-refractivity contribution is -0.270. The van der Waals surface area contributed by atoms with Crippen molar-refractivity contribution in [1.82, 2.24) is 10.6 Å². The molecule has 2 amide bonds. The maximum absolute atomic E-state index is 12.7. The number of hydrogen-bond acceptors (Lipinski definition) is 10. The van der Waals surface area contributed by atoms with E-state index in [-0.39, 0.29) is 12.5 Å². The molecule has 42 heavy (non-hydrogen) atoms. The van der Waals surface area contributed by atoms with E-state index < -0.39 is 73.7 Å². The second-order valence-electron chi connectivity index (χ2n) is 11.1. The number of fused-ring (bicyclic) bond motifs is 3. The summed E-state index contributed by atoms with van der Waals surface area (Å²) < 4.78 is 21.6. The Hall–Kier alpha value is -3.75. The molecule has 1 fully saturated rings. The minimum atomic E-state index is -1.66. The molecule has 0 aromatic heterocycles. The molecule has 4 rings (SSSR count). The minimum Gasteiger partial charge on any atom is -0.480 e. The zero-order valence-corrected chi connectivity index (χ0v) is 23.4. The Labute approximate surface area is 242 Å². The van der Waals surface area contributed by atoms with Gasteiger partial charge in [-0.15, -0.1) is 0 Å². The summed E-state index contributed by atoms with van der Waals surface area (Å²) in [7, 11) is 0. The van der Waals surface area contributed by atoms with Gasteiger partial charge in [-0.2, -0.15) is 0 Å². The van der Waals surface area contributed by atoms with Crippen LogP contribution < -0.4 is 10.6 Å². The summed E-state index contributed by atoms with van der Waals surface area (Å²) in [4.78, 5) is 36.9. The molecular weight excluding hydrogens is 552 g/mol. The molecule has 2 aromatic rings. The Balaban J connectivity index is 1.39. The molecule has 0 saturated carbocycles.